The van der Waals surface area contributed by atoms with E-state index >= 15 is 0 Å². The summed E-state index contributed by atoms with van der Waals surface area (Å²) in [6.45, 7) is 9.04. The van der Waals surface area contributed by atoms with Gasteiger partial charge in [-0.1, -0.05) is 0 Å². The Labute approximate surface area is 107 Å². The summed E-state index contributed by atoms with van der Waals surface area (Å²) in [7, 11) is 0. The van der Waals surface area contributed by atoms with Gasteiger partial charge in [-0.25, -0.2) is 8.78 Å². The molecule has 1 aliphatic rings. The highest BCUT2D eigenvalue weighted by Gasteiger charge is 2.23. The van der Waals surface area contributed by atoms with Crippen molar-refractivity contribution in [2.75, 3.05) is 31.1 Å². The fraction of sp³-hybridized carbons (Fsp3) is 0.571. The van der Waals surface area contributed by atoms with E-state index in [4.69, 9.17) is 0 Å². The summed E-state index contributed by atoms with van der Waals surface area (Å²) in [4.78, 5) is 4.13. The van der Waals surface area contributed by atoms with Crippen molar-refractivity contribution in [3.63, 3.8) is 0 Å². The van der Waals surface area contributed by atoms with Crippen molar-refractivity contribution in [3.8, 4) is 0 Å². The first-order chi connectivity index (χ1) is 8.49. The molecule has 4 heteroatoms. The van der Waals surface area contributed by atoms with Crippen LogP contribution in [0.1, 0.15) is 19.4 Å². The Bertz CT molecular complexity index is 401. The first kappa shape index (κ1) is 13.3. The summed E-state index contributed by atoms with van der Waals surface area (Å²) >= 11 is 0. The molecule has 0 N–H and O–H groups in total. The van der Waals surface area contributed by atoms with Crippen LogP contribution in [-0.2, 0) is 0 Å². The topological polar surface area (TPSA) is 6.48 Å². The highest BCUT2D eigenvalue weighted by atomic mass is 19.1. The Morgan fingerprint density at radius 3 is 1.94 bits per heavy atom. The lowest BCUT2D eigenvalue weighted by molar-refractivity contribution is 0.208. The molecule has 0 unspecified atom stereocenters. The van der Waals surface area contributed by atoms with Crippen LogP contribution in [0.25, 0.3) is 0 Å². The van der Waals surface area contributed by atoms with Gasteiger partial charge in [-0.05, 0) is 38.5 Å². The summed E-state index contributed by atoms with van der Waals surface area (Å²) in [5.74, 6) is -0.906. The molecule has 2 rings (SSSR count). The molecule has 1 aromatic carbocycles. The fourth-order valence-corrected chi connectivity index (χ4v) is 2.46. The summed E-state index contributed by atoms with van der Waals surface area (Å²) in [5.41, 5.74) is 0.749. The Kier molecular flexibility index (Phi) is 3.85. The van der Waals surface area contributed by atoms with Gasteiger partial charge >= 0.3 is 0 Å². The SMILES string of the molecule is Cc1cc(F)c(N2CCN(C(C)C)CC2)c(F)c1. The van der Waals surface area contributed by atoms with Crippen molar-refractivity contribution < 1.29 is 8.78 Å². The van der Waals surface area contributed by atoms with E-state index in [9.17, 15) is 8.78 Å². The van der Waals surface area contributed by atoms with Crippen molar-refractivity contribution >= 4 is 5.69 Å². The second-order valence-electron chi connectivity index (χ2n) is 5.19. The molecule has 1 heterocycles. The molecule has 0 spiro atoms. The number of piperazine rings is 1. The Balaban J connectivity index is 2.15. The monoisotopic (exact) mass is 254 g/mol. The van der Waals surface area contributed by atoms with Gasteiger partial charge in [0.15, 0.2) is 0 Å². The van der Waals surface area contributed by atoms with Crippen LogP contribution in [-0.4, -0.2) is 37.1 Å². The van der Waals surface area contributed by atoms with Gasteiger partial charge in [-0.2, -0.15) is 0 Å². The predicted octanol–water partition coefficient (Wildman–Crippen LogP) is 2.80. The molecule has 0 aliphatic carbocycles. The molecule has 2 nitrogen and oxygen atoms in total. The molecule has 18 heavy (non-hydrogen) atoms. The maximum Gasteiger partial charge on any atom is 0.149 e. The average Bonchev–Trinajstić information content (AvgIpc) is 2.28. The molecule has 1 saturated heterocycles. The van der Waals surface area contributed by atoms with Crippen LogP contribution in [0.3, 0.4) is 0 Å². The lowest BCUT2D eigenvalue weighted by Gasteiger charge is -2.38. The molecule has 0 amide bonds. The summed E-state index contributed by atoms with van der Waals surface area (Å²) in [5, 5.41) is 0. The first-order valence-electron chi connectivity index (χ1n) is 6.43. The van der Waals surface area contributed by atoms with Crippen molar-refractivity contribution in [3.05, 3.63) is 29.3 Å². The van der Waals surface area contributed by atoms with Crippen molar-refractivity contribution in [1.82, 2.24) is 4.90 Å². The van der Waals surface area contributed by atoms with E-state index in [1.54, 1.807) is 6.92 Å². The minimum Gasteiger partial charge on any atom is -0.364 e. The summed E-state index contributed by atoms with van der Waals surface area (Å²) in [6, 6.07) is 3.28. The van der Waals surface area contributed by atoms with Gasteiger partial charge in [0.05, 0.1) is 0 Å². The van der Waals surface area contributed by atoms with E-state index < -0.39 is 11.6 Å². The van der Waals surface area contributed by atoms with E-state index in [-0.39, 0.29) is 5.69 Å². The van der Waals surface area contributed by atoms with E-state index in [1.165, 1.54) is 12.1 Å². The highest BCUT2D eigenvalue weighted by Crippen LogP contribution is 2.26. The number of aryl methyl sites for hydroxylation is 1. The van der Waals surface area contributed by atoms with Crippen LogP contribution in [0.4, 0.5) is 14.5 Å². The van der Waals surface area contributed by atoms with E-state index in [2.05, 4.69) is 18.7 Å². The number of halogens is 2. The molecule has 0 atom stereocenters. The van der Waals surface area contributed by atoms with Gasteiger partial charge in [0.2, 0.25) is 0 Å². The van der Waals surface area contributed by atoms with Gasteiger partial charge in [0, 0.05) is 32.2 Å². The number of hydrogen-bond acceptors (Lipinski definition) is 2. The van der Waals surface area contributed by atoms with Crippen LogP contribution in [0, 0.1) is 18.6 Å². The minimum atomic E-state index is -0.453. The smallest absolute Gasteiger partial charge is 0.149 e. The lowest BCUT2D eigenvalue weighted by atomic mass is 10.1. The third kappa shape index (κ3) is 2.64. The number of nitrogens with zero attached hydrogens (tertiary/aromatic N) is 2. The van der Waals surface area contributed by atoms with E-state index in [0.29, 0.717) is 24.7 Å². The highest BCUT2D eigenvalue weighted by molar-refractivity contribution is 5.51. The second-order valence-corrected chi connectivity index (χ2v) is 5.19. The molecule has 100 valence electrons. The van der Waals surface area contributed by atoms with Gasteiger partial charge in [0.1, 0.15) is 17.3 Å². The molecule has 1 aromatic rings. The minimum absolute atomic E-state index is 0.129. The summed E-state index contributed by atoms with van der Waals surface area (Å²) < 4.78 is 27.7. The zero-order chi connectivity index (χ0) is 13.3. The maximum absolute atomic E-state index is 13.9. The zero-order valence-corrected chi connectivity index (χ0v) is 11.2. The third-order valence-electron chi connectivity index (χ3n) is 3.52. The quantitative estimate of drug-likeness (QED) is 0.800. The van der Waals surface area contributed by atoms with Crippen LogP contribution in [0.15, 0.2) is 12.1 Å². The molecule has 0 aromatic heterocycles. The molecular weight excluding hydrogens is 234 g/mol. The molecule has 0 radical (unpaired) electrons. The second kappa shape index (κ2) is 5.22. The number of benzene rings is 1. The van der Waals surface area contributed by atoms with Gasteiger partial charge in [-0.3, -0.25) is 4.90 Å². The van der Waals surface area contributed by atoms with Crippen molar-refractivity contribution in [2.24, 2.45) is 0 Å². The Morgan fingerprint density at radius 1 is 1.00 bits per heavy atom. The average molecular weight is 254 g/mol. The Morgan fingerprint density at radius 2 is 1.50 bits per heavy atom. The predicted molar refractivity (Wildman–Crippen MR) is 70.0 cm³/mol. The lowest BCUT2D eigenvalue weighted by Crippen LogP contribution is -2.49. The third-order valence-corrected chi connectivity index (χ3v) is 3.52. The number of rotatable bonds is 2. The first-order valence-corrected chi connectivity index (χ1v) is 6.43. The maximum atomic E-state index is 13.9. The number of hydrogen-bond donors (Lipinski definition) is 0. The number of anilines is 1. The van der Waals surface area contributed by atoms with E-state index in [1.807, 2.05) is 4.90 Å². The molecule has 0 bridgehead atoms. The fourth-order valence-electron chi connectivity index (χ4n) is 2.46. The van der Waals surface area contributed by atoms with Crippen LogP contribution >= 0.6 is 0 Å². The van der Waals surface area contributed by atoms with Crippen LogP contribution in [0.5, 0.6) is 0 Å². The summed E-state index contributed by atoms with van der Waals surface area (Å²) in [6.07, 6.45) is 0. The molecule has 0 saturated carbocycles. The van der Waals surface area contributed by atoms with Crippen LogP contribution < -0.4 is 4.90 Å². The molecular formula is C14H20F2N2. The van der Waals surface area contributed by atoms with Crippen molar-refractivity contribution in [1.29, 1.82) is 0 Å². The van der Waals surface area contributed by atoms with Gasteiger partial charge in [-0.15, -0.1) is 0 Å². The van der Waals surface area contributed by atoms with Gasteiger partial charge in [0.25, 0.3) is 0 Å². The zero-order valence-electron chi connectivity index (χ0n) is 11.2. The van der Waals surface area contributed by atoms with E-state index in [0.717, 1.165) is 13.1 Å². The van der Waals surface area contributed by atoms with Gasteiger partial charge < -0.3 is 4.90 Å². The Hall–Kier alpha value is -1.16. The molecule has 1 fully saturated rings. The van der Waals surface area contributed by atoms with Crippen molar-refractivity contribution in [2.45, 2.75) is 26.8 Å². The largest absolute Gasteiger partial charge is 0.364 e. The molecule has 1 aliphatic heterocycles. The standard InChI is InChI=1S/C14H20F2N2/c1-10(2)17-4-6-18(7-5-17)14-12(15)8-11(3)9-13(14)16/h8-10H,4-7H2,1-3H3. The van der Waals surface area contributed by atoms with Crippen LogP contribution in [0.2, 0.25) is 0 Å². The normalized spacial score (nSPS) is 17.6.